The van der Waals surface area contributed by atoms with Gasteiger partial charge in [0, 0.05) is 24.0 Å². The summed E-state index contributed by atoms with van der Waals surface area (Å²) < 4.78 is 1.61. The summed E-state index contributed by atoms with van der Waals surface area (Å²) in [6, 6.07) is -0.0424. The monoisotopic (exact) mass is 280 g/mol. The Labute approximate surface area is 115 Å². The number of carbonyl (C=O) groups is 1. The van der Waals surface area contributed by atoms with Gasteiger partial charge in [0.2, 0.25) is 5.91 Å². The first-order chi connectivity index (χ1) is 9.15. The number of tetrazole rings is 1. The molecule has 19 heavy (non-hydrogen) atoms. The van der Waals surface area contributed by atoms with Crippen LogP contribution >= 0.6 is 11.3 Å². The van der Waals surface area contributed by atoms with Crippen LogP contribution in [-0.2, 0) is 11.3 Å². The Morgan fingerprint density at radius 1 is 1.58 bits per heavy atom. The van der Waals surface area contributed by atoms with E-state index in [1.807, 2.05) is 19.2 Å². The van der Waals surface area contributed by atoms with E-state index in [9.17, 15) is 4.79 Å². The predicted octanol–water partition coefficient (Wildman–Crippen LogP) is 1.10. The van der Waals surface area contributed by atoms with E-state index < -0.39 is 0 Å². The Bertz CT molecular complexity index is 523. The van der Waals surface area contributed by atoms with Crippen molar-refractivity contribution >= 4 is 17.2 Å². The zero-order valence-electron chi connectivity index (χ0n) is 10.9. The van der Waals surface area contributed by atoms with Crippen LogP contribution in [-0.4, -0.2) is 31.1 Å². The third-order valence-corrected chi connectivity index (χ3v) is 3.71. The lowest BCUT2D eigenvalue weighted by Gasteiger charge is -2.10. The minimum absolute atomic E-state index is 0.0217. The molecule has 0 saturated carbocycles. The molecular weight excluding hydrogens is 264 g/mol. The minimum Gasteiger partial charge on any atom is -0.347 e. The molecule has 102 valence electrons. The van der Waals surface area contributed by atoms with Crippen LogP contribution in [0.3, 0.4) is 0 Å². The Morgan fingerprint density at radius 3 is 3.05 bits per heavy atom. The largest absolute Gasteiger partial charge is 0.347 e. The summed E-state index contributed by atoms with van der Waals surface area (Å²) in [5, 5.41) is 16.7. The summed E-state index contributed by atoms with van der Waals surface area (Å²) in [4.78, 5) is 16.1. The van der Waals surface area contributed by atoms with Crippen molar-refractivity contribution in [2.75, 3.05) is 0 Å². The molecule has 2 aromatic rings. The lowest BCUT2D eigenvalue weighted by molar-refractivity contribution is -0.121. The molecule has 1 N–H and O–H groups in total. The van der Waals surface area contributed by atoms with Gasteiger partial charge >= 0.3 is 0 Å². The maximum absolute atomic E-state index is 11.8. The molecule has 2 rings (SSSR count). The third-order valence-electron chi connectivity index (χ3n) is 2.57. The summed E-state index contributed by atoms with van der Waals surface area (Å²) in [5.41, 5.74) is 0.986. The van der Waals surface area contributed by atoms with Gasteiger partial charge < -0.3 is 5.32 Å². The number of amides is 1. The zero-order valence-corrected chi connectivity index (χ0v) is 11.7. The maximum atomic E-state index is 11.8. The number of aryl methyl sites for hydroxylation is 2. The highest BCUT2D eigenvalue weighted by molar-refractivity contribution is 7.09. The molecule has 8 heteroatoms. The number of rotatable bonds is 6. The summed E-state index contributed by atoms with van der Waals surface area (Å²) in [6.07, 6.45) is 2.70. The standard InChI is InChI=1S/C11H16N6OS/c1-8-6-19-11(13-8)9(2)14-10(18)4-3-5-17-7-12-15-16-17/h6-7,9H,3-5H2,1-2H3,(H,14,18)/t9-/m1/s1. The lowest BCUT2D eigenvalue weighted by Crippen LogP contribution is -2.26. The van der Waals surface area contributed by atoms with Crippen LogP contribution in [0.15, 0.2) is 11.7 Å². The Hall–Kier alpha value is -1.83. The number of nitrogens with one attached hydrogen (secondary N) is 1. The fraction of sp³-hybridized carbons (Fsp3) is 0.545. The van der Waals surface area contributed by atoms with Crippen LogP contribution in [0.2, 0.25) is 0 Å². The molecule has 0 saturated heterocycles. The highest BCUT2D eigenvalue weighted by Crippen LogP contribution is 2.17. The number of hydrogen-bond acceptors (Lipinski definition) is 6. The molecule has 0 radical (unpaired) electrons. The van der Waals surface area contributed by atoms with Crippen molar-refractivity contribution in [1.29, 1.82) is 0 Å². The van der Waals surface area contributed by atoms with E-state index in [2.05, 4.69) is 25.8 Å². The van der Waals surface area contributed by atoms with E-state index in [4.69, 9.17) is 0 Å². The minimum atomic E-state index is -0.0424. The Morgan fingerprint density at radius 2 is 2.42 bits per heavy atom. The number of aromatic nitrogens is 5. The van der Waals surface area contributed by atoms with Crippen LogP contribution in [0.5, 0.6) is 0 Å². The molecular formula is C11H16N6OS. The quantitative estimate of drug-likeness (QED) is 0.856. The van der Waals surface area contributed by atoms with Gasteiger partial charge in [0.25, 0.3) is 0 Å². The predicted molar refractivity (Wildman–Crippen MR) is 70.5 cm³/mol. The zero-order chi connectivity index (χ0) is 13.7. The molecule has 2 aromatic heterocycles. The molecule has 0 aliphatic rings. The second kappa shape index (κ2) is 6.37. The SMILES string of the molecule is Cc1csc([C@@H](C)NC(=O)CCCn2cnnn2)n1. The summed E-state index contributed by atoms with van der Waals surface area (Å²) in [6.45, 7) is 4.53. The van der Waals surface area contributed by atoms with Gasteiger partial charge in [-0.15, -0.1) is 16.4 Å². The Kier molecular flexibility index (Phi) is 4.56. The van der Waals surface area contributed by atoms with Crippen LogP contribution in [0.4, 0.5) is 0 Å². The second-order valence-electron chi connectivity index (χ2n) is 4.29. The molecule has 0 spiro atoms. The van der Waals surface area contributed by atoms with Crippen molar-refractivity contribution in [3.05, 3.63) is 22.4 Å². The van der Waals surface area contributed by atoms with Gasteiger partial charge in [0.1, 0.15) is 11.3 Å². The normalized spacial score (nSPS) is 12.3. The van der Waals surface area contributed by atoms with E-state index in [-0.39, 0.29) is 11.9 Å². The summed E-state index contributed by atoms with van der Waals surface area (Å²) in [5.74, 6) is 0.0217. The van der Waals surface area contributed by atoms with Crippen LogP contribution in [0, 0.1) is 6.92 Å². The highest BCUT2D eigenvalue weighted by atomic mass is 32.1. The van der Waals surface area contributed by atoms with Gasteiger partial charge in [0.05, 0.1) is 6.04 Å². The molecule has 0 bridgehead atoms. The van der Waals surface area contributed by atoms with Crippen LogP contribution < -0.4 is 5.32 Å². The summed E-state index contributed by atoms with van der Waals surface area (Å²) in [7, 11) is 0. The van der Waals surface area contributed by atoms with Crippen molar-refractivity contribution in [3.63, 3.8) is 0 Å². The van der Waals surface area contributed by atoms with Crippen molar-refractivity contribution in [2.24, 2.45) is 0 Å². The smallest absolute Gasteiger partial charge is 0.220 e. The molecule has 0 aromatic carbocycles. The Balaban J connectivity index is 1.72. The van der Waals surface area contributed by atoms with Gasteiger partial charge in [-0.25, -0.2) is 9.67 Å². The number of thiazole rings is 1. The van der Waals surface area contributed by atoms with E-state index in [0.717, 1.165) is 10.7 Å². The van der Waals surface area contributed by atoms with Gasteiger partial charge in [-0.3, -0.25) is 4.79 Å². The average Bonchev–Trinajstić information content (AvgIpc) is 3.00. The fourth-order valence-corrected chi connectivity index (χ4v) is 2.43. The number of hydrogen-bond donors (Lipinski definition) is 1. The van der Waals surface area contributed by atoms with Crippen molar-refractivity contribution in [3.8, 4) is 0 Å². The topological polar surface area (TPSA) is 85.6 Å². The van der Waals surface area contributed by atoms with Gasteiger partial charge in [-0.2, -0.15) is 0 Å². The fourth-order valence-electron chi connectivity index (χ4n) is 1.63. The molecule has 1 amide bonds. The van der Waals surface area contributed by atoms with Gasteiger partial charge in [-0.1, -0.05) is 0 Å². The molecule has 0 unspecified atom stereocenters. The molecule has 1 atom stereocenters. The van der Waals surface area contributed by atoms with E-state index in [1.165, 1.54) is 0 Å². The van der Waals surface area contributed by atoms with Crippen molar-refractivity contribution < 1.29 is 4.79 Å². The maximum Gasteiger partial charge on any atom is 0.220 e. The first kappa shape index (κ1) is 13.6. The van der Waals surface area contributed by atoms with Crippen LogP contribution in [0.1, 0.15) is 36.5 Å². The van der Waals surface area contributed by atoms with Gasteiger partial charge in [-0.05, 0) is 30.7 Å². The van der Waals surface area contributed by atoms with E-state index >= 15 is 0 Å². The lowest BCUT2D eigenvalue weighted by atomic mass is 10.2. The van der Waals surface area contributed by atoms with Crippen molar-refractivity contribution in [1.82, 2.24) is 30.5 Å². The second-order valence-corrected chi connectivity index (χ2v) is 5.18. The third kappa shape index (κ3) is 4.09. The van der Waals surface area contributed by atoms with E-state index in [0.29, 0.717) is 19.4 Å². The molecule has 2 heterocycles. The van der Waals surface area contributed by atoms with E-state index in [1.54, 1.807) is 22.3 Å². The molecule has 0 aliphatic carbocycles. The summed E-state index contributed by atoms with van der Waals surface area (Å²) >= 11 is 1.57. The van der Waals surface area contributed by atoms with Crippen molar-refractivity contribution in [2.45, 2.75) is 39.3 Å². The average molecular weight is 280 g/mol. The highest BCUT2D eigenvalue weighted by Gasteiger charge is 2.12. The molecule has 7 nitrogen and oxygen atoms in total. The molecule has 0 aliphatic heterocycles. The van der Waals surface area contributed by atoms with Crippen LogP contribution in [0.25, 0.3) is 0 Å². The number of carbonyl (C=O) groups excluding carboxylic acids is 1. The first-order valence-electron chi connectivity index (χ1n) is 6.07. The number of nitrogens with zero attached hydrogens (tertiary/aromatic N) is 5. The first-order valence-corrected chi connectivity index (χ1v) is 6.95. The molecule has 0 fully saturated rings. The van der Waals surface area contributed by atoms with Gasteiger partial charge in [0.15, 0.2) is 0 Å².